The number of anilines is 1. The van der Waals surface area contributed by atoms with Crippen molar-refractivity contribution in [2.75, 3.05) is 18.0 Å². The fraction of sp³-hybridized carbons (Fsp3) is 0.300. The molecular formula is C20H22ClF2N5S. The number of hydrogen-bond donors (Lipinski definition) is 3. The number of nitrogens with zero attached hydrogens (tertiary/aromatic N) is 2. The number of nitrogens with two attached hydrogens (primary N) is 1. The van der Waals surface area contributed by atoms with Crippen LogP contribution in [0.25, 0.3) is 0 Å². The summed E-state index contributed by atoms with van der Waals surface area (Å²) in [6.07, 6.45) is 2.83. The van der Waals surface area contributed by atoms with Crippen LogP contribution in [0.4, 0.5) is 14.5 Å². The van der Waals surface area contributed by atoms with Crippen molar-refractivity contribution < 1.29 is 8.78 Å². The first-order valence-electron chi connectivity index (χ1n) is 9.22. The van der Waals surface area contributed by atoms with E-state index < -0.39 is 11.6 Å². The molecule has 0 unspecified atom stereocenters. The third-order valence-corrected chi connectivity index (χ3v) is 5.13. The second-order valence-electron chi connectivity index (χ2n) is 6.83. The first-order valence-corrected chi connectivity index (χ1v) is 10.0. The molecule has 154 valence electrons. The van der Waals surface area contributed by atoms with E-state index in [0.717, 1.165) is 37.2 Å². The molecule has 0 spiro atoms. The number of nitrogens with one attached hydrogen (secondary N) is 2. The van der Waals surface area contributed by atoms with Gasteiger partial charge in [-0.3, -0.25) is 5.43 Å². The zero-order valence-electron chi connectivity index (χ0n) is 15.7. The zero-order valence-corrected chi connectivity index (χ0v) is 17.2. The Hall–Kier alpha value is -2.29. The summed E-state index contributed by atoms with van der Waals surface area (Å²) in [6.45, 7) is 2.04. The molecule has 1 aliphatic heterocycles. The maximum atomic E-state index is 14.5. The standard InChI is InChI=1S/C20H22ClF2N5S/c21-15-3-1-13(2-4-15)11-25-16-5-7-28(8-6-16)19-10-17(22)14(9-18(19)23)12-26-27-20(24)29/h1-4,9-10,12,16,25H,5-8,11H2,(H3,24,27,29)/b26-12+. The second-order valence-corrected chi connectivity index (χ2v) is 7.70. The Labute approximate surface area is 178 Å². The van der Waals surface area contributed by atoms with E-state index in [1.807, 2.05) is 29.2 Å². The van der Waals surface area contributed by atoms with Gasteiger partial charge in [-0.15, -0.1) is 0 Å². The molecule has 3 rings (SSSR count). The van der Waals surface area contributed by atoms with Crippen molar-refractivity contribution in [3.8, 4) is 0 Å². The average molecular weight is 438 g/mol. The largest absolute Gasteiger partial charge is 0.375 e. The summed E-state index contributed by atoms with van der Waals surface area (Å²) in [7, 11) is 0. The third-order valence-electron chi connectivity index (χ3n) is 4.79. The molecule has 29 heavy (non-hydrogen) atoms. The molecule has 0 amide bonds. The number of hydrazone groups is 1. The van der Waals surface area contributed by atoms with Crippen molar-refractivity contribution in [3.63, 3.8) is 0 Å². The maximum Gasteiger partial charge on any atom is 0.184 e. The van der Waals surface area contributed by atoms with E-state index in [4.69, 9.17) is 17.3 Å². The van der Waals surface area contributed by atoms with Gasteiger partial charge < -0.3 is 16.0 Å². The summed E-state index contributed by atoms with van der Waals surface area (Å²) >= 11 is 10.5. The minimum atomic E-state index is -0.558. The van der Waals surface area contributed by atoms with Crippen LogP contribution in [0.2, 0.25) is 5.02 Å². The molecule has 0 saturated carbocycles. The number of hydrogen-bond acceptors (Lipinski definition) is 4. The summed E-state index contributed by atoms with van der Waals surface area (Å²) in [5, 5.41) is 7.85. The Morgan fingerprint density at radius 1 is 1.21 bits per heavy atom. The predicted molar refractivity (Wildman–Crippen MR) is 117 cm³/mol. The van der Waals surface area contributed by atoms with E-state index in [0.29, 0.717) is 24.2 Å². The van der Waals surface area contributed by atoms with Crippen molar-refractivity contribution in [2.24, 2.45) is 10.8 Å². The van der Waals surface area contributed by atoms with E-state index in [1.165, 1.54) is 6.07 Å². The van der Waals surface area contributed by atoms with Crippen LogP contribution in [0, 0.1) is 11.6 Å². The third kappa shape index (κ3) is 6.09. The molecule has 0 radical (unpaired) electrons. The molecule has 2 aromatic rings. The SMILES string of the molecule is NC(=S)N/N=C/c1cc(F)c(N2CCC(NCc3ccc(Cl)cc3)CC2)cc1F. The summed E-state index contributed by atoms with van der Waals surface area (Å²) in [6, 6.07) is 10.4. The molecule has 1 fully saturated rings. The van der Waals surface area contributed by atoms with E-state index in [2.05, 4.69) is 28.1 Å². The highest BCUT2D eigenvalue weighted by Crippen LogP contribution is 2.26. The molecule has 9 heteroatoms. The molecule has 0 aromatic heterocycles. The Morgan fingerprint density at radius 2 is 1.90 bits per heavy atom. The molecule has 1 aliphatic rings. The zero-order chi connectivity index (χ0) is 20.8. The van der Waals surface area contributed by atoms with Crippen LogP contribution in [-0.4, -0.2) is 30.5 Å². The quantitative estimate of drug-likeness (QED) is 0.366. The van der Waals surface area contributed by atoms with Gasteiger partial charge in [0.15, 0.2) is 5.11 Å². The van der Waals surface area contributed by atoms with Crippen molar-refractivity contribution in [2.45, 2.75) is 25.4 Å². The van der Waals surface area contributed by atoms with Crippen LogP contribution in [0.3, 0.4) is 0 Å². The summed E-state index contributed by atoms with van der Waals surface area (Å²) < 4.78 is 28.9. The van der Waals surface area contributed by atoms with Crippen LogP contribution < -0.4 is 21.4 Å². The highest BCUT2D eigenvalue weighted by molar-refractivity contribution is 7.80. The monoisotopic (exact) mass is 437 g/mol. The van der Waals surface area contributed by atoms with Gasteiger partial charge in [-0.1, -0.05) is 23.7 Å². The fourth-order valence-corrected chi connectivity index (χ4v) is 3.43. The Kier molecular flexibility index (Phi) is 7.35. The van der Waals surface area contributed by atoms with Crippen LogP contribution in [0.5, 0.6) is 0 Å². The normalized spacial score (nSPS) is 15.1. The van der Waals surface area contributed by atoms with Crippen LogP contribution in [0.1, 0.15) is 24.0 Å². The maximum absolute atomic E-state index is 14.5. The first kappa shape index (κ1) is 21.4. The number of piperidine rings is 1. The van der Waals surface area contributed by atoms with E-state index in [-0.39, 0.29) is 16.4 Å². The highest BCUT2D eigenvalue weighted by Gasteiger charge is 2.22. The molecule has 0 atom stereocenters. The number of benzene rings is 2. The predicted octanol–water partition coefficient (Wildman–Crippen LogP) is 3.54. The fourth-order valence-electron chi connectivity index (χ4n) is 3.25. The molecule has 0 bridgehead atoms. The van der Waals surface area contributed by atoms with Gasteiger partial charge in [0.05, 0.1) is 11.9 Å². The van der Waals surface area contributed by atoms with Crippen molar-refractivity contribution >= 4 is 40.8 Å². The van der Waals surface area contributed by atoms with Crippen LogP contribution in [0.15, 0.2) is 41.5 Å². The molecule has 0 aliphatic carbocycles. The van der Waals surface area contributed by atoms with Gasteiger partial charge in [0.2, 0.25) is 0 Å². The summed E-state index contributed by atoms with van der Waals surface area (Å²) in [5.41, 5.74) is 9.00. The molecular weight excluding hydrogens is 416 g/mol. The lowest BCUT2D eigenvalue weighted by molar-refractivity contribution is 0.411. The van der Waals surface area contributed by atoms with Gasteiger partial charge in [0.25, 0.3) is 0 Å². The van der Waals surface area contributed by atoms with E-state index in [1.54, 1.807) is 0 Å². The van der Waals surface area contributed by atoms with Gasteiger partial charge in [0, 0.05) is 42.3 Å². The lowest BCUT2D eigenvalue weighted by Gasteiger charge is -2.34. The van der Waals surface area contributed by atoms with E-state index in [9.17, 15) is 8.78 Å². The number of rotatable bonds is 6. The van der Waals surface area contributed by atoms with Crippen molar-refractivity contribution in [3.05, 3.63) is 64.2 Å². The van der Waals surface area contributed by atoms with Crippen LogP contribution in [-0.2, 0) is 6.54 Å². The smallest absolute Gasteiger partial charge is 0.184 e. The molecule has 1 heterocycles. The minimum absolute atomic E-state index is 0.0227. The van der Waals surface area contributed by atoms with Gasteiger partial charge in [0.1, 0.15) is 11.6 Å². The topological polar surface area (TPSA) is 65.7 Å². The molecule has 2 aromatic carbocycles. The lowest BCUT2D eigenvalue weighted by atomic mass is 10.0. The molecule has 5 nitrogen and oxygen atoms in total. The van der Waals surface area contributed by atoms with E-state index >= 15 is 0 Å². The Morgan fingerprint density at radius 3 is 2.55 bits per heavy atom. The molecule has 4 N–H and O–H groups in total. The van der Waals surface area contributed by atoms with Gasteiger partial charge >= 0.3 is 0 Å². The number of halogens is 3. The van der Waals surface area contributed by atoms with Gasteiger partial charge in [-0.05, 0) is 48.8 Å². The van der Waals surface area contributed by atoms with Crippen LogP contribution >= 0.6 is 23.8 Å². The highest BCUT2D eigenvalue weighted by atomic mass is 35.5. The van der Waals surface area contributed by atoms with Gasteiger partial charge in [-0.2, -0.15) is 5.10 Å². The number of thiocarbonyl (C=S) groups is 1. The second kappa shape index (κ2) is 9.96. The molecule has 1 saturated heterocycles. The van der Waals surface area contributed by atoms with Gasteiger partial charge in [-0.25, -0.2) is 8.78 Å². The minimum Gasteiger partial charge on any atom is -0.375 e. The van der Waals surface area contributed by atoms with Crippen molar-refractivity contribution in [1.82, 2.24) is 10.7 Å². The Bertz CT molecular complexity index is 883. The summed E-state index contributed by atoms with van der Waals surface area (Å²) in [4.78, 5) is 1.87. The average Bonchev–Trinajstić information content (AvgIpc) is 2.70. The van der Waals surface area contributed by atoms with Crippen molar-refractivity contribution in [1.29, 1.82) is 0 Å². The first-order chi connectivity index (χ1) is 13.9. The lowest BCUT2D eigenvalue weighted by Crippen LogP contribution is -2.42. The summed E-state index contributed by atoms with van der Waals surface area (Å²) in [5.74, 6) is -1.05. The Balaban J connectivity index is 1.56.